The van der Waals surface area contributed by atoms with Crippen LogP contribution < -0.4 is 9.47 Å². The molecule has 11 heteroatoms. The molecule has 1 heterocycles. The molecule has 0 unspecified atom stereocenters. The number of hydrogen-bond acceptors (Lipinski definition) is 7. The van der Waals surface area contributed by atoms with Crippen molar-refractivity contribution in [3.63, 3.8) is 0 Å². The van der Waals surface area contributed by atoms with Gasteiger partial charge in [-0.1, -0.05) is 6.07 Å². The maximum atomic E-state index is 13.0. The van der Waals surface area contributed by atoms with E-state index in [4.69, 9.17) is 9.47 Å². The van der Waals surface area contributed by atoms with Gasteiger partial charge < -0.3 is 9.47 Å². The van der Waals surface area contributed by atoms with E-state index in [1.54, 1.807) is 14.2 Å². The summed E-state index contributed by atoms with van der Waals surface area (Å²) in [6.07, 6.45) is 0. The van der Waals surface area contributed by atoms with E-state index in [1.165, 1.54) is 42.7 Å². The van der Waals surface area contributed by atoms with E-state index in [2.05, 4.69) is 4.90 Å². The van der Waals surface area contributed by atoms with Crippen molar-refractivity contribution in [2.45, 2.75) is 16.3 Å². The van der Waals surface area contributed by atoms with Crippen molar-refractivity contribution in [3.8, 4) is 11.5 Å². The average molecular weight is 484 g/mol. The number of rotatable bonds is 8. The summed E-state index contributed by atoms with van der Waals surface area (Å²) >= 11 is 0. The summed E-state index contributed by atoms with van der Waals surface area (Å²) in [5.41, 5.74) is 1.05. The first-order valence-corrected chi connectivity index (χ1v) is 12.9. The van der Waals surface area contributed by atoms with Crippen molar-refractivity contribution < 1.29 is 26.3 Å². The molecule has 0 bridgehead atoms. The average Bonchev–Trinajstić information content (AvgIpc) is 2.79. The van der Waals surface area contributed by atoms with Crippen LogP contribution in [-0.2, 0) is 26.6 Å². The molecular weight excluding hydrogens is 454 g/mol. The van der Waals surface area contributed by atoms with Gasteiger partial charge in [0.15, 0.2) is 11.5 Å². The molecule has 1 saturated heterocycles. The maximum absolute atomic E-state index is 13.0. The van der Waals surface area contributed by atoms with Crippen LogP contribution in [0.5, 0.6) is 11.5 Å². The maximum Gasteiger partial charge on any atom is 0.243 e. The zero-order valence-corrected chi connectivity index (χ0v) is 20.3. The lowest BCUT2D eigenvalue weighted by Crippen LogP contribution is -2.48. The molecule has 1 fully saturated rings. The van der Waals surface area contributed by atoms with Gasteiger partial charge in [-0.15, -0.1) is 0 Å². The van der Waals surface area contributed by atoms with Crippen molar-refractivity contribution in [3.05, 3.63) is 48.0 Å². The molecule has 0 spiro atoms. The number of piperazine rings is 1. The van der Waals surface area contributed by atoms with Crippen LogP contribution in [0.15, 0.2) is 52.3 Å². The largest absolute Gasteiger partial charge is 0.493 e. The van der Waals surface area contributed by atoms with Crippen LogP contribution in [-0.4, -0.2) is 84.8 Å². The smallest absolute Gasteiger partial charge is 0.243 e. The van der Waals surface area contributed by atoms with Gasteiger partial charge >= 0.3 is 0 Å². The lowest BCUT2D eigenvalue weighted by molar-refractivity contribution is 0.181. The molecule has 9 nitrogen and oxygen atoms in total. The summed E-state index contributed by atoms with van der Waals surface area (Å²) < 4.78 is 63.6. The number of benzene rings is 2. The number of nitrogens with zero attached hydrogens (tertiary/aromatic N) is 3. The highest BCUT2D eigenvalue weighted by Crippen LogP contribution is 2.28. The number of sulfonamides is 2. The molecule has 2 aromatic carbocycles. The van der Waals surface area contributed by atoms with Gasteiger partial charge in [0.05, 0.1) is 24.0 Å². The fourth-order valence-electron chi connectivity index (χ4n) is 3.51. The predicted octanol–water partition coefficient (Wildman–Crippen LogP) is 1.46. The van der Waals surface area contributed by atoms with Crippen LogP contribution >= 0.6 is 0 Å². The van der Waals surface area contributed by atoms with Gasteiger partial charge in [0.25, 0.3) is 0 Å². The molecule has 0 aromatic heterocycles. The standard InChI is InChI=1S/C21H29N3O6S2/c1-22(2)31(25,26)18-6-8-19(9-7-18)32(27,28)24-13-11-23(12-14-24)16-17-5-10-20(29-3)21(15-17)30-4/h5-10,15H,11-14,16H2,1-4H3. The Morgan fingerprint density at radius 2 is 1.38 bits per heavy atom. The van der Waals surface area contributed by atoms with Gasteiger partial charge in [0, 0.05) is 46.8 Å². The molecule has 1 aliphatic heterocycles. The molecule has 3 rings (SSSR count). The molecule has 176 valence electrons. The van der Waals surface area contributed by atoms with E-state index in [0.29, 0.717) is 44.2 Å². The van der Waals surface area contributed by atoms with Crippen molar-refractivity contribution in [2.75, 3.05) is 54.5 Å². The molecule has 0 amide bonds. The molecule has 0 atom stereocenters. The highest BCUT2D eigenvalue weighted by atomic mass is 32.2. The van der Waals surface area contributed by atoms with E-state index in [0.717, 1.165) is 9.87 Å². The highest BCUT2D eigenvalue weighted by molar-refractivity contribution is 7.89. The Labute approximate surface area is 190 Å². The minimum absolute atomic E-state index is 0.0567. The van der Waals surface area contributed by atoms with Crippen LogP contribution in [0.1, 0.15) is 5.56 Å². The SMILES string of the molecule is COc1ccc(CN2CCN(S(=O)(=O)c3ccc(S(=O)(=O)N(C)C)cc3)CC2)cc1OC. The Kier molecular flexibility index (Phi) is 7.46. The van der Waals surface area contributed by atoms with Gasteiger partial charge in [0.2, 0.25) is 20.0 Å². The summed E-state index contributed by atoms with van der Waals surface area (Å²) in [7, 11) is -1.26. The van der Waals surface area contributed by atoms with Crippen LogP contribution in [0, 0.1) is 0 Å². The van der Waals surface area contributed by atoms with Crippen molar-refractivity contribution in [1.29, 1.82) is 0 Å². The zero-order chi connectivity index (χ0) is 23.5. The molecule has 0 radical (unpaired) electrons. The second-order valence-electron chi connectivity index (χ2n) is 7.63. The third kappa shape index (κ3) is 5.07. The van der Waals surface area contributed by atoms with E-state index in [1.807, 2.05) is 18.2 Å². The molecular formula is C21H29N3O6S2. The molecule has 0 N–H and O–H groups in total. The van der Waals surface area contributed by atoms with Gasteiger partial charge in [0.1, 0.15) is 0 Å². The van der Waals surface area contributed by atoms with Crippen LogP contribution in [0.2, 0.25) is 0 Å². The first-order chi connectivity index (χ1) is 15.1. The van der Waals surface area contributed by atoms with E-state index >= 15 is 0 Å². The second kappa shape index (κ2) is 9.75. The van der Waals surface area contributed by atoms with Crippen molar-refractivity contribution in [1.82, 2.24) is 13.5 Å². The summed E-state index contributed by atoms with van der Waals surface area (Å²) in [6, 6.07) is 11.1. The molecule has 0 aliphatic carbocycles. The highest BCUT2D eigenvalue weighted by Gasteiger charge is 2.29. The summed E-state index contributed by atoms with van der Waals surface area (Å²) in [4.78, 5) is 2.32. The third-order valence-corrected chi connectivity index (χ3v) is 9.17. The monoisotopic (exact) mass is 483 g/mol. The molecule has 32 heavy (non-hydrogen) atoms. The van der Waals surface area contributed by atoms with Crippen LogP contribution in [0.3, 0.4) is 0 Å². The lowest BCUT2D eigenvalue weighted by atomic mass is 10.1. The fourth-order valence-corrected chi connectivity index (χ4v) is 5.83. The normalized spacial score (nSPS) is 16.3. The van der Waals surface area contributed by atoms with Crippen LogP contribution in [0.4, 0.5) is 0 Å². The fraction of sp³-hybridized carbons (Fsp3) is 0.429. The van der Waals surface area contributed by atoms with Crippen molar-refractivity contribution >= 4 is 20.0 Å². The van der Waals surface area contributed by atoms with E-state index in [9.17, 15) is 16.8 Å². The first kappa shape index (κ1) is 24.5. The Hall–Kier alpha value is -2.18. The molecule has 0 saturated carbocycles. The summed E-state index contributed by atoms with van der Waals surface area (Å²) in [5.74, 6) is 1.32. The number of methoxy groups -OCH3 is 2. The zero-order valence-electron chi connectivity index (χ0n) is 18.7. The van der Waals surface area contributed by atoms with Crippen molar-refractivity contribution in [2.24, 2.45) is 0 Å². The quantitative estimate of drug-likeness (QED) is 0.561. The lowest BCUT2D eigenvalue weighted by Gasteiger charge is -2.34. The van der Waals surface area contributed by atoms with Gasteiger partial charge in [-0.25, -0.2) is 21.1 Å². The Morgan fingerprint density at radius 1 is 0.812 bits per heavy atom. The van der Waals surface area contributed by atoms with Gasteiger partial charge in [-0.3, -0.25) is 4.90 Å². The first-order valence-electron chi connectivity index (χ1n) is 10.1. The number of ether oxygens (including phenoxy) is 2. The van der Waals surface area contributed by atoms with E-state index < -0.39 is 20.0 Å². The minimum Gasteiger partial charge on any atom is -0.493 e. The topological polar surface area (TPSA) is 96.5 Å². The van der Waals surface area contributed by atoms with Gasteiger partial charge in [-0.05, 0) is 42.0 Å². The van der Waals surface area contributed by atoms with Gasteiger partial charge in [-0.2, -0.15) is 4.31 Å². The Morgan fingerprint density at radius 3 is 1.91 bits per heavy atom. The summed E-state index contributed by atoms with van der Waals surface area (Å²) in [5, 5.41) is 0. The second-order valence-corrected chi connectivity index (χ2v) is 11.7. The molecule has 2 aromatic rings. The summed E-state index contributed by atoms with van der Waals surface area (Å²) in [6.45, 7) is 2.55. The number of hydrogen-bond donors (Lipinski definition) is 0. The van der Waals surface area contributed by atoms with E-state index in [-0.39, 0.29) is 9.79 Å². The third-order valence-electron chi connectivity index (χ3n) is 5.43. The minimum atomic E-state index is -3.70. The predicted molar refractivity (Wildman–Crippen MR) is 121 cm³/mol. The van der Waals surface area contributed by atoms with Crippen LogP contribution in [0.25, 0.3) is 0 Å². The molecule has 1 aliphatic rings. The Bertz CT molecular complexity index is 1140. The Balaban J connectivity index is 1.65.